The van der Waals surface area contributed by atoms with Gasteiger partial charge in [0.05, 0.1) is 24.4 Å². The third-order valence-corrected chi connectivity index (χ3v) is 7.96. The quantitative estimate of drug-likeness (QED) is 0.271. The Morgan fingerprint density at radius 1 is 1.15 bits per heavy atom. The van der Waals surface area contributed by atoms with E-state index in [-0.39, 0.29) is 36.9 Å². The van der Waals surface area contributed by atoms with Crippen molar-refractivity contribution in [3.05, 3.63) is 83.5 Å². The number of pyridine rings is 1. The first-order chi connectivity index (χ1) is 22.1. The third-order valence-electron chi connectivity index (χ3n) is 7.96. The Balaban J connectivity index is 1.34. The molecule has 2 aromatic carbocycles. The van der Waals surface area contributed by atoms with Gasteiger partial charge in [-0.1, -0.05) is 12.1 Å². The second-order valence-electron chi connectivity index (χ2n) is 12.2. The summed E-state index contributed by atoms with van der Waals surface area (Å²) in [6, 6.07) is 13.3. The largest absolute Gasteiger partial charge is 0.487 e. The first-order valence-electron chi connectivity index (χ1n) is 15.6. The number of ether oxygens (including phenoxy) is 3. The average molecular weight is 631 g/mol. The van der Waals surface area contributed by atoms with Crippen LogP contribution in [0.5, 0.6) is 11.5 Å². The van der Waals surface area contributed by atoms with E-state index in [1.54, 1.807) is 37.4 Å². The van der Waals surface area contributed by atoms with E-state index < -0.39 is 11.5 Å². The molecule has 2 N–H and O–H groups in total. The molecule has 4 heterocycles. The fraction of sp³-hybridized carbons (Fsp3) is 0.412. The summed E-state index contributed by atoms with van der Waals surface area (Å²) in [5.74, 6) is 0.764. The number of hydrogen-bond acceptors (Lipinski definition) is 9. The van der Waals surface area contributed by atoms with Crippen LogP contribution in [-0.4, -0.2) is 87.7 Å². The topological polar surface area (TPSA) is 123 Å². The van der Waals surface area contributed by atoms with Crippen molar-refractivity contribution in [2.24, 2.45) is 4.99 Å². The van der Waals surface area contributed by atoms with Gasteiger partial charge < -0.3 is 24.6 Å². The van der Waals surface area contributed by atoms with E-state index in [1.807, 2.05) is 30.5 Å². The van der Waals surface area contributed by atoms with Crippen LogP contribution in [0.1, 0.15) is 36.7 Å². The minimum atomic E-state index is -1.17. The van der Waals surface area contributed by atoms with Gasteiger partial charge in [0, 0.05) is 56.9 Å². The first kappa shape index (κ1) is 31.6. The highest BCUT2D eigenvalue weighted by molar-refractivity contribution is 5.96. The molecule has 6 rings (SSSR count). The Bertz CT molecular complexity index is 1750. The predicted molar refractivity (Wildman–Crippen MR) is 171 cm³/mol. The molecule has 0 saturated carbocycles. The van der Waals surface area contributed by atoms with E-state index in [0.717, 1.165) is 29.9 Å². The Kier molecular flexibility index (Phi) is 9.29. The van der Waals surface area contributed by atoms with Gasteiger partial charge in [0.2, 0.25) is 5.62 Å². The number of aromatic nitrogens is 3. The van der Waals surface area contributed by atoms with Crippen molar-refractivity contribution < 1.29 is 28.5 Å². The van der Waals surface area contributed by atoms with Crippen molar-refractivity contribution >= 4 is 22.6 Å². The SMILES string of the molecule is CC1CN(CC(C)(O)COc2ccc3c4n(c(=NC(=O)c5cccnc5)nc3c2OCCc2ccc(F)cc2)CCN4)CC(C)O1. The second kappa shape index (κ2) is 13.5. The van der Waals surface area contributed by atoms with Gasteiger partial charge in [-0.05, 0) is 62.7 Å². The number of benzene rings is 2. The number of β-amino-alcohol motifs (C(OH)–C–C–N with tert-alkyl or cyclic N) is 1. The normalized spacial score (nSPS) is 19.8. The van der Waals surface area contributed by atoms with Crippen LogP contribution < -0.4 is 20.4 Å². The van der Waals surface area contributed by atoms with Gasteiger partial charge in [-0.2, -0.15) is 4.99 Å². The monoisotopic (exact) mass is 630 g/mol. The molecule has 46 heavy (non-hydrogen) atoms. The van der Waals surface area contributed by atoms with Crippen LogP contribution in [0.15, 0.2) is 65.9 Å². The van der Waals surface area contributed by atoms with Gasteiger partial charge >= 0.3 is 0 Å². The number of fused-ring (bicyclic) bond motifs is 3. The molecule has 3 atom stereocenters. The minimum absolute atomic E-state index is 0.00160. The maximum atomic E-state index is 13.5. The number of carbonyl (C=O) groups excluding carboxylic acids is 1. The number of carbonyl (C=O) groups is 1. The molecule has 11 nitrogen and oxygen atoms in total. The molecular formula is C34H39FN6O5. The lowest BCUT2D eigenvalue weighted by Gasteiger charge is -2.38. The molecule has 4 aromatic rings. The maximum absolute atomic E-state index is 13.5. The molecule has 2 aromatic heterocycles. The number of anilines is 1. The van der Waals surface area contributed by atoms with Crippen molar-refractivity contribution in [1.82, 2.24) is 19.4 Å². The molecule has 3 unspecified atom stereocenters. The smallest absolute Gasteiger partial charge is 0.281 e. The molecule has 2 aliphatic heterocycles. The van der Waals surface area contributed by atoms with Crippen LogP contribution in [-0.2, 0) is 17.7 Å². The van der Waals surface area contributed by atoms with Crippen molar-refractivity contribution in [3.8, 4) is 11.5 Å². The molecule has 0 radical (unpaired) electrons. The summed E-state index contributed by atoms with van der Waals surface area (Å²) in [5.41, 5.74) is 0.778. The van der Waals surface area contributed by atoms with Gasteiger partial charge in [0.25, 0.3) is 5.91 Å². The van der Waals surface area contributed by atoms with E-state index in [2.05, 4.69) is 20.2 Å². The Hall–Kier alpha value is -4.39. The zero-order chi connectivity index (χ0) is 32.3. The molecule has 2 aliphatic rings. The number of aliphatic hydroxyl groups is 1. The molecule has 0 bridgehead atoms. The standard InChI is InChI=1S/C34H39FN6O5/c1-22-18-40(19-23(2)46-22)20-34(3,43)21-45-28-11-10-27-29(30(28)44-16-12-24-6-8-26(35)9-7-24)38-33(41-15-14-37-31(27)41)39-32(42)25-5-4-13-36-17-25/h4-11,13,17,22-23,37,43H,12,14-16,18-21H2,1-3H3. The lowest BCUT2D eigenvalue weighted by atomic mass is 10.1. The van der Waals surface area contributed by atoms with Crippen molar-refractivity contribution in [1.29, 1.82) is 0 Å². The maximum Gasteiger partial charge on any atom is 0.281 e. The summed E-state index contributed by atoms with van der Waals surface area (Å²) >= 11 is 0. The lowest BCUT2D eigenvalue weighted by Crippen LogP contribution is -2.52. The molecule has 0 aliphatic carbocycles. The Morgan fingerprint density at radius 2 is 1.93 bits per heavy atom. The van der Waals surface area contributed by atoms with Crippen molar-refractivity contribution in [2.45, 2.75) is 51.5 Å². The van der Waals surface area contributed by atoms with E-state index >= 15 is 0 Å². The van der Waals surface area contributed by atoms with Gasteiger partial charge in [0.15, 0.2) is 11.5 Å². The number of halogens is 1. The van der Waals surface area contributed by atoms with E-state index in [4.69, 9.17) is 19.2 Å². The minimum Gasteiger partial charge on any atom is -0.487 e. The summed E-state index contributed by atoms with van der Waals surface area (Å²) in [4.78, 5) is 28.5. The van der Waals surface area contributed by atoms with Crippen LogP contribution in [0.3, 0.4) is 0 Å². The van der Waals surface area contributed by atoms with E-state index in [1.165, 1.54) is 18.3 Å². The number of nitrogens with one attached hydrogen (secondary N) is 1. The predicted octanol–water partition coefficient (Wildman–Crippen LogP) is 3.60. The molecule has 12 heteroatoms. The summed E-state index contributed by atoms with van der Waals surface area (Å²) in [6.07, 6.45) is 3.72. The first-order valence-corrected chi connectivity index (χ1v) is 15.6. The van der Waals surface area contributed by atoms with Gasteiger partial charge in [-0.15, -0.1) is 0 Å². The van der Waals surface area contributed by atoms with E-state index in [9.17, 15) is 14.3 Å². The number of hydrogen-bond donors (Lipinski definition) is 2. The summed E-state index contributed by atoms with van der Waals surface area (Å²) in [7, 11) is 0. The summed E-state index contributed by atoms with van der Waals surface area (Å²) in [6.45, 7) is 9.13. The molecule has 1 saturated heterocycles. The highest BCUT2D eigenvalue weighted by atomic mass is 19.1. The number of morpholine rings is 1. The summed E-state index contributed by atoms with van der Waals surface area (Å²) in [5, 5.41) is 15.5. The highest BCUT2D eigenvalue weighted by Crippen LogP contribution is 2.38. The van der Waals surface area contributed by atoms with Crippen LogP contribution in [0, 0.1) is 5.82 Å². The lowest BCUT2D eigenvalue weighted by molar-refractivity contribution is -0.0952. The number of amides is 1. The average Bonchev–Trinajstić information content (AvgIpc) is 3.52. The third kappa shape index (κ3) is 7.35. The van der Waals surface area contributed by atoms with Crippen LogP contribution >= 0.6 is 0 Å². The van der Waals surface area contributed by atoms with Gasteiger partial charge in [-0.3, -0.25) is 19.2 Å². The molecule has 0 spiro atoms. The van der Waals surface area contributed by atoms with Crippen molar-refractivity contribution in [2.75, 3.05) is 44.7 Å². The molecule has 242 valence electrons. The van der Waals surface area contributed by atoms with Crippen LogP contribution in [0.25, 0.3) is 10.9 Å². The summed E-state index contributed by atoms with van der Waals surface area (Å²) < 4.78 is 33.8. The molecule has 1 amide bonds. The Labute approximate surface area is 266 Å². The number of nitrogens with zero attached hydrogens (tertiary/aromatic N) is 5. The van der Waals surface area contributed by atoms with Crippen LogP contribution in [0.2, 0.25) is 0 Å². The van der Waals surface area contributed by atoms with Crippen LogP contribution in [0.4, 0.5) is 10.2 Å². The molecule has 1 fully saturated rings. The van der Waals surface area contributed by atoms with Gasteiger partial charge in [0.1, 0.15) is 29.4 Å². The van der Waals surface area contributed by atoms with Gasteiger partial charge in [-0.25, -0.2) is 9.37 Å². The fourth-order valence-corrected chi connectivity index (χ4v) is 6.03. The number of rotatable bonds is 10. The molecular weight excluding hydrogens is 591 g/mol. The van der Waals surface area contributed by atoms with E-state index in [0.29, 0.717) is 48.6 Å². The van der Waals surface area contributed by atoms with Crippen molar-refractivity contribution in [3.63, 3.8) is 0 Å². The highest BCUT2D eigenvalue weighted by Gasteiger charge is 2.31. The zero-order valence-electron chi connectivity index (χ0n) is 26.3. The Morgan fingerprint density at radius 3 is 2.67 bits per heavy atom. The second-order valence-corrected chi connectivity index (χ2v) is 12.2. The fourth-order valence-electron chi connectivity index (χ4n) is 6.03. The zero-order valence-corrected chi connectivity index (χ0v) is 26.3.